The van der Waals surface area contributed by atoms with Crippen LogP contribution in [0.25, 0.3) is 0 Å². The zero-order valence-corrected chi connectivity index (χ0v) is 11.8. The van der Waals surface area contributed by atoms with Crippen molar-refractivity contribution in [3.63, 3.8) is 0 Å². The van der Waals surface area contributed by atoms with Gasteiger partial charge in [0, 0.05) is 12.0 Å². The molecule has 0 aliphatic carbocycles. The molecule has 0 amide bonds. The second kappa shape index (κ2) is 8.46. The van der Waals surface area contributed by atoms with E-state index in [0.717, 1.165) is 31.8 Å². The first-order valence-electron chi connectivity index (χ1n) is 6.32. The first kappa shape index (κ1) is 15.3. The van der Waals surface area contributed by atoms with Gasteiger partial charge >= 0.3 is 0 Å². The summed E-state index contributed by atoms with van der Waals surface area (Å²) in [6, 6.07) is 0. The van der Waals surface area contributed by atoms with E-state index >= 15 is 0 Å². The molecule has 0 saturated heterocycles. The monoisotopic (exact) mass is 232 g/mol. The Kier molecular flexibility index (Phi) is 8.64. The fourth-order valence-corrected chi connectivity index (χ4v) is 2.31. The van der Waals surface area contributed by atoms with Gasteiger partial charge in [0.25, 0.3) is 0 Å². The van der Waals surface area contributed by atoms with Gasteiger partial charge in [0.15, 0.2) is 0 Å². The molecule has 0 aromatic heterocycles. The topological polar surface area (TPSA) is 9.23 Å². The van der Waals surface area contributed by atoms with Crippen LogP contribution in [0.2, 0.25) is 0 Å². The maximum atomic E-state index is 5.84. The summed E-state index contributed by atoms with van der Waals surface area (Å²) in [7, 11) is 0. The second-order valence-corrected chi connectivity index (χ2v) is 5.09. The molecule has 0 aromatic rings. The fourth-order valence-electron chi connectivity index (χ4n) is 1.78. The van der Waals surface area contributed by atoms with Gasteiger partial charge in [0.1, 0.15) is 0 Å². The Morgan fingerprint density at radius 2 is 1.80 bits per heavy atom. The molecule has 0 bridgehead atoms. The molecular formula is C13H28OS. The van der Waals surface area contributed by atoms with E-state index in [1.807, 2.05) is 0 Å². The molecule has 2 heteroatoms. The lowest BCUT2D eigenvalue weighted by Gasteiger charge is -2.30. The Hall–Kier alpha value is 0.310. The summed E-state index contributed by atoms with van der Waals surface area (Å²) in [5.74, 6) is 1.63. The van der Waals surface area contributed by atoms with E-state index in [1.165, 1.54) is 12.8 Å². The smallest absolute Gasteiger partial charge is 0.0530 e. The second-order valence-electron chi connectivity index (χ2n) is 4.77. The Morgan fingerprint density at radius 3 is 2.20 bits per heavy atom. The minimum Gasteiger partial charge on any atom is -0.381 e. The molecule has 0 rings (SSSR count). The molecule has 0 fully saturated rings. The molecule has 1 atom stereocenters. The number of thiol groups is 1. The molecule has 15 heavy (non-hydrogen) atoms. The number of rotatable bonds is 9. The van der Waals surface area contributed by atoms with Crippen LogP contribution in [0.3, 0.4) is 0 Å². The minimum atomic E-state index is 0.301. The highest BCUT2D eigenvalue weighted by Gasteiger charge is 2.24. The van der Waals surface area contributed by atoms with Crippen LogP contribution in [0.1, 0.15) is 53.4 Å². The van der Waals surface area contributed by atoms with E-state index in [1.54, 1.807) is 0 Å². The average Bonchev–Trinajstić information content (AvgIpc) is 2.25. The van der Waals surface area contributed by atoms with Crippen LogP contribution < -0.4 is 0 Å². The highest BCUT2D eigenvalue weighted by Crippen LogP contribution is 2.28. The van der Waals surface area contributed by atoms with Gasteiger partial charge in [-0.2, -0.15) is 12.6 Å². The van der Waals surface area contributed by atoms with Crippen molar-refractivity contribution >= 4 is 12.6 Å². The first-order chi connectivity index (χ1) is 7.14. The van der Waals surface area contributed by atoms with Crippen molar-refractivity contribution in [2.24, 2.45) is 11.3 Å². The summed E-state index contributed by atoms with van der Waals surface area (Å²) in [5.41, 5.74) is 0.301. The van der Waals surface area contributed by atoms with E-state index in [9.17, 15) is 0 Å². The highest BCUT2D eigenvalue weighted by molar-refractivity contribution is 7.80. The van der Waals surface area contributed by atoms with E-state index < -0.39 is 0 Å². The van der Waals surface area contributed by atoms with Crippen LogP contribution in [-0.4, -0.2) is 19.0 Å². The predicted octanol–water partition coefficient (Wildman–Crippen LogP) is 4.18. The van der Waals surface area contributed by atoms with Gasteiger partial charge in [-0.15, -0.1) is 0 Å². The summed E-state index contributed by atoms with van der Waals surface area (Å²) in [5, 5.41) is 0. The van der Waals surface area contributed by atoms with E-state index in [0.29, 0.717) is 11.3 Å². The highest BCUT2D eigenvalue weighted by atomic mass is 32.1. The lowest BCUT2D eigenvalue weighted by atomic mass is 9.85. The van der Waals surface area contributed by atoms with E-state index in [-0.39, 0.29) is 0 Å². The largest absolute Gasteiger partial charge is 0.381 e. The van der Waals surface area contributed by atoms with E-state index in [2.05, 4.69) is 40.3 Å². The van der Waals surface area contributed by atoms with Crippen LogP contribution in [0.5, 0.6) is 0 Å². The normalized spacial score (nSPS) is 14.2. The predicted molar refractivity (Wildman–Crippen MR) is 71.8 cm³/mol. The van der Waals surface area contributed by atoms with Crippen molar-refractivity contribution in [2.75, 3.05) is 19.0 Å². The van der Waals surface area contributed by atoms with E-state index in [4.69, 9.17) is 4.74 Å². The van der Waals surface area contributed by atoms with Crippen molar-refractivity contribution in [3.8, 4) is 0 Å². The molecule has 0 aromatic carbocycles. The number of hydrogen-bond donors (Lipinski definition) is 1. The molecule has 0 spiro atoms. The van der Waals surface area contributed by atoms with Gasteiger partial charge in [-0.05, 0) is 30.9 Å². The van der Waals surface area contributed by atoms with Gasteiger partial charge in [0.05, 0.1) is 6.61 Å². The minimum absolute atomic E-state index is 0.301. The van der Waals surface area contributed by atoms with Crippen molar-refractivity contribution in [3.05, 3.63) is 0 Å². The van der Waals surface area contributed by atoms with Crippen LogP contribution in [-0.2, 0) is 4.74 Å². The maximum Gasteiger partial charge on any atom is 0.0530 e. The SMILES string of the molecule is CCCC(C)COCC(CC)(CC)CS. The fraction of sp³-hybridized carbons (Fsp3) is 1.00. The average molecular weight is 232 g/mol. The van der Waals surface area contributed by atoms with Crippen LogP contribution in [0, 0.1) is 11.3 Å². The zero-order valence-electron chi connectivity index (χ0n) is 10.9. The molecule has 1 nitrogen and oxygen atoms in total. The Bertz CT molecular complexity index is 135. The third-order valence-corrected chi connectivity index (χ3v) is 4.10. The van der Waals surface area contributed by atoms with Crippen molar-refractivity contribution in [2.45, 2.75) is 53.4 Å². The molecule has 0 aliphatic heterocycles. The Morgan fingerprint density at radius 1 is 1.20 bits per heavy atom. The Labute approximate surface area is 101 Å². The summed E-state index contributed by atoms with van der Waals surface area (Å²) >= 11 is 4.45. The van der Waals surface area contributed by atoms with Gasteiger partial charge < -0.3 is 4.74 Å². The van der Waals surface area contributed by atoms with Crippen LogP contribution >= 0.6 is 12.6 Å². The molecule has 1 unspecified atom stereocenters. The molecule has 0 saturated carbocycles. The van der Waals surface area contributed by atoms with Gasteiger partial charge in [-0.25, -0.2) is 0 Å². The van der Waals surface area contributed by atoms with Gasteiger partial charge in [-0.1, -0.05) is 34.1 Å². The molecule has 0 heterocycles. The van der Waals surface area contributed by atoms with Gasteiger partial charge in [-0.3, -0.25) is 0 Å². The summed E-state index contributed by atoms with van der Waals surface area (Å²) < 4.78 is 5.84. The third-order valence-electron chi connectivity index (χ3n) is 3.43. The summed E-state index contributed by atoms with van der Waals surface area (Å²) in [4.78, 5) is 0. The molecule has 0 radical (unpaired) electrons. The first-order valence-corrected chi connectivity index (χ1v) is 6.96. The van der Waals surface area contributed by atoms with Crippen LogP contribution in [0.4, 0.5) is 0 Å². The van der Waals surface area contributed by atoms with Crippen LogP contribution in [0.15, 0.2) is 0 Å². The number of hydrogen-bond acceptors (Lipinski definition) is 2. The lowest BCUT2D eigenvalue weighted by molar-refractivity contribution is 0.0325. The van der Waals surface area contributed by atoms with Crippen molar-refractivity contribution < 1.29 is 4.74 Å². The Balaban J connectivity index is 3.80. The molecular weight excluding hydrogens is 204 g/mol. The third kappa shape index (κ3) is 5.82. The van der Waals surface area contributed by atoms with Gasteiger partial charge in [0.2, 0.25) is 0 Å². The van der Waals surface area contributed by atoms with Crippen molar-refractivity contribution in [1.82, 2.24) is 0 Å². The van der Waals surface area contributed by atoms with Crippen molar-refractivity contribution in [1.29, 1.82) is 0 Å². The molecule has 92 valence electrons. The molecule has 0 aliphatic rings. The summed E-state index contributed by atoms with van der Waals surface area (Å²) in [6.07, 6.45) is 4.85. The maximum absolute atomic E-state index is 5.84. The molecule has 0 N–H and O–H groups in total. The lowest BCUT2D eigenvalue weighted by Crippen LogP contribution is -2.28. The zero-order chi connectivity index (χ0) is 11.7. The quantitative estimate of drug-likeness (QED) is 0.587. The number of ether oxygens (including phenoxy) is 1. The standard InChI is InChI=1S/C13H28OS/c1-5-8-12(4)9-14-10-13(6-2,7-3)11-15/h12,15H,5-11H2,1-4H3. The summed E-state index contributed by atoms with van der Waals surface area (Å²) in [6.45, 7) is 10.7.